The van der Waals surface area contributed by atoms with Crippen LogP contribution in [0.15, 0.2) is 72.8 Å². The summed E-state index contributed by atoms with van der Waals surface area (Å²) in [4.78, 5) is 13.7. The average Bonchev–Trinajstić information content (AvgIpc) is 2.90. The van der Waals surface area contributed by atoms with Gasteiger partial charge < -0.3 is 0 Å². The van der Waals surface area contributed by atoms with Gasteiger partial charge in [0.2, 0.25) is 0 Å². The van der Waals surface area contributed by atoms with Crippen molar-refractivity contribution in [3.63, 3.8) is 0 Å². The van der Waals surface area contributed by atoms with E-state index in [9.17, 15) is 0 Å². The Morgan fingerprint density at radius 1 is 0.317 bits per heavy atom. The third-order valence-corrected chi connectivity index (χ3v) is 6.21. The van der Waals surface area contributed by atoms with E-state index >= 15 is 0 Å². The molecule has 0 atom stereocenters. The first-order valence-corrected chi connectivity index (χ1v) is 12.8. The number of para-hydroxylation sites is 4. The molecule has 0 spiro atoms. The third-order valence-electron chi connectivity index (χ3n) is 6.21. The molecule has 0 amide bonds. The quantitative estimate of drug-likeness (QED) is 0.145. The number of rotatable bonds is 0. The van der Waals surface area contributed by atoms with Crippen LogP contribution < -0.4 is 0 Å². The van der Waals surface area contributed by atoms with Crippen LogP contribution in [0, 0.1) is 81.7 Å². The smallest absolute Gasteiger partial charge is 0.193 e. The van der Waals surface area contributed by atoms with Crippen molar-refractivity contribution < 1.29 is 16.5 Å². The monoisotopic (exact) mass is 582 g/mol. The summed E-state index contributed by atoms with van der Waals surface area (Å²) in [6.07, 6.45) is 0. The van der Waals surface area contributed by atoms with E-state index in [0.717, 1.165) is 67.3 Å². The predicted molar refractivity (Wildman–Crippen MR) is 169 cm³/mol. The molecule has 0 radical (unpaired) electrons. The first kappa shape index (κ1) is 36.3. The standard InChI is InChI=1S/4C9H9N.Ni/c4*1-7-5-4-6-8(2)9(7)10-3;/h4*4-6H,1-2H3;. The van der Waals surface area contributed by atoms with Crippen LogP contribution >= 0.6 is 0 Å². The van der Waals surface area contributed by atoms with Crippen molar-refractivity contribution in [1.29, 1.82) is 0 Å². The van der Waals surface area contributed by atoms with Gasteiger partial charge >= 0.3 is 0 Å². The Hall–Kier alpha value is -4.67. The minimum Gasteiger partial charge on any atom is -0.238 e. The van der Waals surface area contributed by atoms with E-state index in [4.69, 9.17) is 26.3 Å². The van der Waals surface area contributed by atoms with Crippen LogP contribution in [0.5, 0.6) is 0 Å². The SMILES string of the molecule is [C-]#[N+]c1c(C)cccc1C.[C-]#[N+]c1c(C)cccc1C.[C-]#[N+]c1c(C)cccc1C.[C-]#[N+]c1c(C)cccc1C.[Ni]. The number of hydrogen-bond acceptors (Lipinski definition) is 0. The zero-order chi connectivity index (χ0) is 30.2. The maximum atomic E-state index is 6.85. The fourth-order valence-electron chi connectivity index (χ4n) is 3.93. The number of hydrogen-bond donors (Lipinski definition) is 0. The molecular weight excluding hydrogens is 547 g/mol. The van der Waals surface area contributed by atoms with Gasteiger partial charge in [0.1, 0.15) is 0 Å². The molecule has 0 aliphatic heterocycles. The second-order valence-electron chi connectivity index (χ2n) is 9.41. The van der Waals surface area contributed by atoms with Crippen molar-refractivity contribution >= 4 is 22.7 Å². The van der Waals surface area contributed by atoms with E-state index < -0.39 is 0 Å². The van der Waals surface area contributed by atoms with Crippen LogP contribution in [-0.2, 0) is 16.5 Å². The van der Waals surface area contributed by atoms with Gasteiger partial charge in [0, 0.05) is 16.5 Å². The van der Waals surface area contributed by atoms with E-state index in [1.807, 2.05) is 128 Å². The van der Waals surface area contributed by atoms with Crippen molar-refractivity contribution in [2.75, 3.05) is 0 Å². The maximum absolute atomic E-state index is 6.85. The number of nitrogens with zero attached hydrogens (tertiary/aromatic N) is 4. The minimum atomic E-state index is 0. The molecule has 41 heavy (non-hydrogen) atoms. The number of aryl methyl sites for hydroxylation is 8. The molecule has 0 saturated carbocycles. The summed E-state index contributed by atoms with van der Waals surface area (Å²) in [6.45, 7) is 43.1. The largest absolute Gasteiger partial charge is 0.238 e. The summed E-state index contributed by atoms with van der Waals surface area (Å²) < 4.78 is 0. The van der Waals surface area contributed by atoms with Gasteiger partial charge in [-0.2, -0.15) is 0 Å². The Balaban J connectivity index is 0.000000516. The summed E-state index contributed by atoms with van der Waals surface area (Å²) in [5.74, 6) is 0. The zero-order valence-corrected chi connectivity index (χ0v) is 26.0. The van der Waals surface area contributed by atoms with Gasteiger partial charge in [0.25, 0.3) is 0 Å². The Morgan fingerprint density at radius 2 is 0.439 bits per heavy atom. The average molecular weight is 583 g/mol. The summed E-state index contributed by atoms with van der Waals surface area (Å²) in [7, 11) is 0. The van der Waals surface area contributed by atoms with Gasteiger partial charge in [-0.3, -0.25) is 0 Å². The molecule has 0 aliphatic rings. The second-order valence-corrected chi connectivity index (χ2v) is 9.41. The molecule has 4 nitrogen and oxygen atoms in total. The molecule has 0 unspecified atom stereocenters. The van der Waals surface area contributed by atoms with Crippen molar-refractivity contribution in [3.05, 3.63) is 163 Å². The molecule has 4 aromatic rings. The van der Waals surface area contributed by atoms with Crippen molar-refractivity contribution in [2.24, 2.45) is 0 Å². The second kappa shape index (κ2) is 18.6. The van der Waals surface area contributed by atoms with E-state index in [0.29, 0.717) is 0 Å². The summed E-state index contributed by atoms with van der Waals surface area (Å²) in [5.41, 5.74) is 11.7. The van der Waals surface area contributed by atoms with Gasteiger partial charge in [0.05, 0.1) is 26.3 Å². The van der Waals surface area contributed by atoms with Crippen molar-refractivity contribution in [2.45, 2.75) is 55.4 Å². The molecule has 0 bridgehead atoms. The van der Waals surface area contributed by atoms with E-state index in [1.54, 1.807) is 0 Å². The molecule has 0 saturated heterocycles. The van der Waals surface area contributed by atoms with Gasteiger partial charge in [-0.05, 0) is 99.9 Å². The molecule has 0 fully saturated rings. The molecule has 5 heteroatoms. The molecule has 0 N–H and O–H groups in total. The van der Waals surface area contributed by atoms with Crippen LogP contribution in [0.25, 0.3) is 19.4 Å². The predicted octanol–water partition coefficient (Wildman–Crippen LogP) is 11.4. The normalized spacial score (nSPS) is 8.68. The van der Waals surface area contributed by atoms with Crippen molar-refractivity contribution in [1.82, 2.24) is 0 Å². The molecule has 210 valence electrons. The minimum absolute atomic E-state index is 0. The molecule has 0 heterocycles. The maximum Gasteiger partial charge on any atom is 0.193 e. The number of benzene rings is 4. The van der Waals surface area contributed by atoms with Gasteiger partial charge in [-0.25, -0.2) is 19.4 Å². The summed E-state index contributed by atoms with van der Waals surface area (Å²) in [6, 6.07) is 23.6. The Morgan fingerprint density at radius 3 is 0.512 bits per heavy atom. The van der Waals surface area contributed by atoms with Gasteiger partial charge in [-0.15, -0.1) is 0 Å². The third kappa shape index (κ3) is 11.2. The first-order chi connectivity index (χ1) is 19.0. The summed E-state index contributed by atoms with van der Waals surface area (Å²) in [5, 5.41) is 0. The van der Waals surface area contributed by atoms with Gasteiger partial charge in [0.15, 0.2) is 22.7 Å². The fourth-order valence-corrected chi connectivity index (χ4v) is 3.93. The fraction of sp³-hybridized carbons (Fsp3) is 0.222. The van der Waals surface area contributed by atoms with Crippen LogP contribution in [0.2, 0.25) is 0 Å². The van der Waals surface area contributed by atoms with E-state index in [-0.39, 0.29) is 16.5 Å². The van der Waals surface area contributed by atoms with Gasteiger partial charge in [-0.1, -0.05) is 72.8 Å². The Kier molecular flexibility index (Phi) is 16.5. The molecular formula is C36H36N4Ni. The van der Waals surface area contributed by atoms with Crippen LogP contribution in [-0.4, -0.2) is 0 Å². The molecule has 0 aromatic heterocycles. The van der Waals surface area contributed by atoms with E-state index in [2.05, 4.69) is 19.4 Å². The van der Waals surface area contributed by atoms with Crippen molar-refractivity contribution in [3.8, 4) is 0 Å². The topological polar surface area (TPSA) is 17.4 Å². The van der Waals surface area contributed by atoms with Crippen LogP contribution in [0.4, 0.5) is 22.7 Å². The first-order valence-electron chi connectivity index (χ1n) is 12.8. The van der Waals surface area contributed by atoms with E-state index in [1.165, 1.54) is 0 Å². The van der Waals surface area contributed by atoms with Crippen LogP contribution in [0.3, 0.4) is 0 Å². The molecule has 0 aliphatic carbocycles. The zero-order valence-electron chi connectivity index (χ0n) is 25.0. The molecule has 4 aromatic carbocycles. The molecule has 4 rings (SSSR count). The Bertz CT molecular complexity index is 1300. The Labute approximate surface area is 256 Å². The summed E-state index contributed by atoms with van der Waals surface area (Å²) >= 11 is 0. The van der Waals surface area contributed by atoms with Crippen LogP contribution in [0.1, 0.15) is 44.5 Å².